The number of aryl methyl sites for hydroxylation is 1. The van der Waals surface area contributed by atoms with Gasteiger partial charge in [0.25, 0.3) is 0 Å². The molecule has 0 fully saturated rings. The Bertz CT molecular complexity index is 707. The molecule has 3 nitrogen and oxygen atoms in total. The van der Waals surface area contributed by atoms with Crippen molar-refractivity contribution >= 4 is 17.5 Å². The maximum atomic E-state index is 12.3. The number of carbonyl (C=O) groups excluding carboxylic acids is 1. The number of ketones is 1. The van der Waals surface area contributed by atoms with Gasteiger partial charge in [-0.1, -0.05) is 30.8 Å². The van der Waals surface area contributed by atoms with Gasteiger partial charge in [-0.05, 0) is 29.7 Å². The molecule has 20 heavy (non-hydrogen) atoms. The highest BCUT2D eigenvalue weighted by Gasteiger charge is 2.24. The molecule has 0 aliphatic carbocycles. The van der Waals surface area contributed by atoms with E-state index in [9.17, 15) is 15.0 Å². The monoisotopic (exact) mass is 286 g/mol. The zero-order valence-corrected chi connectivity index (χ0v) is 11.8. The average Bonchev–Trinajstić information content (AvgIpc) is 2.52. The second-order valence-electron chi connectivity index (χ2n) is 4.84. The molecule has 4 heteroatoms. The lowest BCUT2D eigenvalue weighted by Gasteiger charge is -2.07. The van der Waals surface area contributed by atoms with Gasteiger partial charge in [-0.2, -0.15) is 0 Å². The zero-order valence-electron chi connectivity index (χ0n) is 11.0. The number of aromatic hydroxyl groups is 2. The summed E-state index contributed by atoms with van der Waals surface area (Å²) in [5, 5.41) is 19.5. The Morgan fingerprint density at radius 1 is 1.15 bits per heavy atom. The van der Waals surface area contributed by atoms with Gasteiger partial charge in [-0.15, -0.1) is 0 Å². The third kappa shape index (κ3) is 2.16. The molecule has 0 saturated heterocycles. The molecule has 0 spiro atoms. The molecule has 1 heterocycles. The van der Waals surface area contributed by atoms with Gasteiger partial charge in [0.15, 0.2) is 5.78 Å². The molecule has 0 radical (unpaired) electrons. The van der Waals surface area contributed by atoms with E-state index in [-0.39, 0.29) is 23.7 Å². The van der Waals surface area contributed by atoms with Crippen molar-refractivity contribution < 1.29 is 15.0 Å². The van der Waals surface area contributed by atoms with Crippen molar-refractivity contribution in [3.63, 3.8) is 0 Å². The van der Waals surface area contributed by atoms with Crippen molar-refractivity contribution in [3.8, 4) is 11.5 Å². The molecule has 0 aromatic heterocycles. The largest absolute Gasteiger partial charge is 0.508 e. The van der Waals surface area contributed by atoms with Crippen LogP contribution in [-0.2, 0) is 12.8 Å². The fourth-order valence-electron chi connectivity index (χ4n) is 2.42. The van der Waals surface area contributed by atoms with Gasteiger partial charge in [0, 0.05) is 22.3 Å². The Balaban J connectivity index is 2.16. The second-order valence-corrected chi connectivity index (χ2v) is 5.92. The van der Waals surface area contributed by atoms with E-state index in [1.165, 1.54) is 29.5 Å². The van der Waals surface area contributed by atoms with Gasteiger partial charge < -0.3 is 10.2 Å². The summed E-state index contributed by atoms with van der Waals surface area (Å²) < 4.78 is 0. The fraction of sp³-hybridized carbons (Fsp3) is 0.188. The van der Waals surface area contributed by atoms with Crippen LogP contribution in [0.25, 0.3) is 0 Å². The normalized spacial score (nSPS) is 13.6. The minimum absolute atomic E-state index is 0.0322. The van der Waals surface area contributed by atoms with E-state index in [0.717, 1.165) is 16.9 Å². The first-order chi connectivity index (χ1) is 9.58. The summed E-state index contributed by atoms with van der Waals surface area (Å²) in [6.07, 6.45) is 1.20. The highest BCUT2D eigenvalue weighted by Crippen LogP contribution is 2.42. The van der Waals surface area contributed by atoms with Crippen LogP contribution in [0.2, 0.25) is 0 Å². The number of phenolic OH excluding ortho intramolecular Hbond substituents is 2. The SMILES string of the molecule is CCc1ccc2c(c1)CC(=O)c1c(O)cc(O)cc1S2. The molecule has 0 unspecified atom stereocenters. The number of hydrogen-bond donors (Lipinski definition) is 2. The topological polar surface area (TPSA) is 57.5 Å². The van der Waals surface area contributed by atoms with Gasteiger partial charge in [0.2, 0.25) is 0 Å². The molecule has 1 aliphatic heterocycles. The van der Waals surface area contributed by atoms with Crippen LogP contribution in [-0.4, -0.2) is 16.0 Å². The zero-order chi connectivity index (χ0) is 14.3. The maximum absolute atomic E-state index is 12.3. The summed E-state index contributed by atoms with van der Waals surface area (Å²) >= 11 is 1.41. The number of carbonyl (C=O) groups is 1. The summed E-state index contributed by atoms with van der Waals surface area (Å²) in [7, 11) is 0. The van der Waals surface area contributed by atoms with E-state index in [0.29, 0.717) is 10.5 Å². The first kappa shape index (κ1) is 13.1. The number of Topliss-reactive ketones (excluding diaryl/α,β-unsaturated/α-hetero) is 1. The lowest BCUT2D eigenvalue weighted by molar-refractivity contribution is 0.0987. The molecular formula is C16H14O3S. The van der Waals surface area contributed by atoms with E-state index >= 15 is 0 Å². The second kappa shape index (κ2) is 4.87. The summed E-state index contributed by atoms with van der Waals surface area (Å²) in [6, 6.07) is 8.83. The van der Waals surface area contributed by atoms with Crippen LogP contribution in [0.15, 0.2) is 40.1 Å². The molecule has 2 aromatic rings. The Labute approximate surface area is 121 Å². The standard InChI is InChI=1S/C16H14O3S/c1-2-9-3-4-14-10(5-9)6-12(18)16-13(19)7-11(17)8-15(16)20-14/h3-5,7-8,17,19H,2,6H2,1H3. The number of benzene rings is 2. The Morgan fingerprint density at radius 2 is 1.95 bits per heavy atom. The van der Waals surface area contributed by atoms with Crippen LogP contribution in [0.3, 0.4) is 0 Å². The van der Waals surface area contributed by atoms with E-state index in [1.807, 2.05) is 18.2 Å². The van der Waals surface area contributed by atoms with Crippen LogP contribution in [0.4, 0.5) is 0 Å². The molecule has 1 aliphatic rings. The third-order valence-electron chi connectivity index (χ3n) is 3.45. The number of rotatable bonds is 1. The van der Waals surface area contributed by atoms with E-state index in [2.05, 4.69) is 6.92 Å². The van der Waals surface area contributed by atoms with Crippen LogP contribution in [0.1, 0.15) is 28.4 Å². The molecule has 0 atom stereocenters. The van der Waals surface area contributed by atoms with E-state index < -0.39 is 0 Å². The molecule has 0 saturated carbocycles. The van der Waals surface area contributed by atoms with Crippen LogP contribution in [0, 0.1) is 0 Å². The highest BCUT2D eigenvalue weighted by molar-refractivity contribution is 7.99. The molecule has 3 rings (SSSR count). The lowest BCUT2D eigenvalue weighted by Crippen LogP contribution is -2.04. The van der Waals surface area contributed by atoms with Crippen LogP contribution in [0.5, 0.6) is 11.5 Å². The number of hydrogen-bond acceptors (Lipinski definition) is 4. The van der Waals surface area contributed by atoms with Gasteiger partial charge >= 0.3 is 0 Å². The fourth-order valence-corrected chi connectivity index (χ4v) is 3.55. The van der Waals surface area contributed by atoms with Crippen molar-refractivity contribution in [2.45, 2.75) is 29.6 Å². The molecular weight excluding hydrogens is 272 g/mol. The molecule has 2 aromatic carbocycles. The van der Waals surface area contributed by atoms with Crippen molar-refractivity contribution in [2.24, 2.45) is 0 Å². The van der Waals surface area contributed by atoms with Crippen LogP contribution < -0.4 is 0 Å². The lowest BCUT2D eigenvalue weighted by atomic mass is 10.00. The minimum Gasteiger partial charge on any atom is -0.508 e. The van der Waals surface area contributed by atoms with Gasteiger partial charge in [0.05, 0.1) is 5.56 Å². The summed E-state index contributed by atoms with van der Waals surface area (Å²) in [5.41, 5.74) is 2.48. The van der Waals surface area contributed by atoms with E-state index in [4.69, 9.17) is 0 Å². The first-order valence-corrected chi connectivity index (χ1v) is 7.29. The highest BCUT2D eigenvalue weighted by atomic mass is 32.2. The quantitative estimate of drug-likeness (QED) is 0.841. The predicted octanol–water partition coefficient (Wildman–Crippen LogP) is 3.55. The number of fused-ring (bicyclic) bond motifs is 2. The molecule has 0 amide bonds. The Morgan fingerprint density at radius 3 is 2.70 bits per heavy atom. The van der Waals surface area contributed by atoms with Crippen molar-refractivity contribution in [2.75, 3.05) is 0 Å². The molecule has 2 N–H and O–H groups in total. The number of phenols is 2. The summed E-state index contributed by atoms with van der Waals surface area (Å²) in [6.45, 7) is 2.08. The molecule has 0 bridgehead atoms. The Hall–Kier alpha value is -1.94. The Kier molecular flexibility index (Phi) is 3.18. The van der Waals surface area contributed by atoms with Gasteiger partial charge in [-0.3, -0.25) is 4.79 Å². The average molecular weight is 286 g/mol. The van der Waals surface area contributed by atoms with Crippen molar-refractivity contribution in [1.82, 2.24) is 0 Å². The van der Waals surface area contributed by atoms with Crippen LogP contribution >= 0.6 is 11.8 Å². The summed E-state index contributed by atoms with van der Waals surface area (Å²) in [4.78, 5) is 14.0. The van der Waals surface area contributed by atoms with Gasteiger partial charge in [0.1, 0.15) is 11.5 Å². The van der Waals surface area contributed by atoms with Crippen molar-refractivity contribution in [1.29, 1.82) is 0 Å². The van der Waals surface area contributed by atoms with E-state index in [1.54, 1.807) is 0 Å². The predicted molar refractivity (Wildman–Crippen MR) is 77.7 cm³/mol. The van der Waals surface area contributed by atoms with Crippen molar-refractivity contribution in [3.05, 3.63) is 47.0 Å². The van der Waals surface area contributed by atoms with Gasteiger partial charge in [-0.25, -0.2) is 0 Å². The minimum atomic E-state index is -0.152. The maximum Gasteiger partial charge on any atom is 0.172 e. The third-order valence-corrected chi connectivity index (χ3v) is 4.61. The molecule has 102 valence electrons. The summed E-state index contributed by atoms with van der Waals surface area (Å²) in [5.74, 6) is -0.298. The first-order valence-electron chi connectivity index (χ1n) is 6.47. The smallest absolute Gasteiger partial charge is 0.172 e.